The van der Waals surface area contributed by atoms with Crippen molar-refractivity contribution in [2.24, 2.45) is 5.92 Å². The summed E-state index contributed by atoms with van der Waals surface area (Å²) in [6.45, 7) is 9.72. The molecule has 41 heavy (non-hydrogen) atoms. The maximum Gasteiger partial charge on any atom is 0.408 e. The number of alkyl carbamates (subject to hydrolysis) is 1. The summed E-state index contributed by atoms with van der Waals surface area (Å²) in [6.07, 6.45) is 6.98. The van der Waals surface area contributed by atoms with Crippen LogP contribution in [-0.2, 0) is 20.7 Å². The van der Waals surface area contributed by atoms with Gasteiger partial charge in [0.2, 0.25) is 5.91 Å². The van der Waals surface area contributed by atoms with Crippen LogP contribution in [0.25, 0.3) is 11.1 Å². The van der Waals surface area contributed by atoms with E-state index in [0.29, 0.717) is 6.42 Å². The molecule has 1 aliphatic carbocycles. The number of nitrogens with one attached hydrogen (secondary N) is 1. The number of methoxy groups -OCH3 is 1. The number of anilines is 1. The maximum atomic E-state index is 14.0. The summed E-state index contributed by atoms with van der Waals surface area (Å²) in [7, 11) is 1.59. The second-order valence-corrected chi connectivity index (χ2v) is 11.7. The summed E-state index contributed by atoms with van der Waals surface area (Å²) in [5.41, 5.74) is 4.44. The molecule has 1 fully saturated rings. The van der Waals surface area contributed by atoms with Crippen molar-refractivity contribution in [2.45, 2.75) is 77.5 Å². The fraction of sp³-hybridized carbons (Fsp3) is 0.455. The summed E-state index contributed by atoms with van der Waals surface area (Å²) >= 11 is 0. The van der Waals surface area contributed by atoms with Gasteiger partial charge in [-0.2, -0.15) is 0 Å². The molecular formula is C33H42N4O4. The summed E-state index contributed by atoms with van der Waals surface area (Å²) in [5.74, 6) is -0.203. The number of hydrogen-bond donors (Lipinski definition) is 1. The Hall–Kier alpha value is -3.78. The van der Waals surface area contributed by atoms with Crippen molar-refractivity contribution in [2.75, 3.05) is 18.6 Å². The largest absolute Gasteiger partial charge is 0.444 e. The van der Waals surface area contributed by atoms with Gasteiger partial charge in [-0.05, 0) is 69.4 Å². The molecule has 1 aromatic heterocycles. The van der Waals surface area contributed by atoms with Crippen molar-refractivity contribution in [1.82, 2.24) is 15.3 Å². The number of benzene rings is 2. The van der Waals surface area contributed by atoms with E-state index in [4.69, 9.17) is 9.47 Å². The molecule has 1 N–H and O–H groups in total. The van der Waals surface area contributed by atoms with Gasteiger partial charge in [-0.15, -0.1) is 0 Å². The molecule has 0 unspecified atom stereocenters. The summed E-state index contributed by atoms with van der Waals surface area (Å²) in [6, 6.07) is 16.1. The molecular weight excluding hydrogens is 516 g/mol. The number of aryl methyl sites for hydroxylation is 1. The smallest absolute Gasteiger partial charge is 0.408 e. The molecule has 0 radical (unpaired) electrons. The normalized spacial score (nSPS) is 17.8. The predicted octanol–water partition coefficient (Wildman–Crippen LogP) is 6.16. The van der Waals surface area contributed by atoms with Gasteiger partial charge in [0, 0.05) is 49.8 Å². The van der Waals surface area contributed by atoms with E-state index in [1.165, 1.54) is 5.56 Å². The first-order valence-electron chi connectivity index (χ1n) is 14.4. The third-order valence-electron chi connectivity index (χ3n) is 7.36. The molecule has 8 nitrogen and oxygen atoms in total. The summed E-state index contributed by atoms with van der Waals surface area (Å²) in [4.78, 5) is 37.1. The van der Waals surface area contributed by atoms with Gasteiger partial charge in [-0.25, -0.2) is 4.79 Å². The number of hydrogen-bond acceptors (Lipinski definition) is 6. The van der Waals surface area contributed by atoms with Crippen LogP contribution in [0.1, 0.15) is 64.6 Å². The van der Waals surface area contributed by atoms with E-state index in [1.807, 2.05) is 52.0 Å². The number of nitrogens with zero attached hydrogens (tertiary/aromatic N) is 3. The SMILES string of the molecule is CCCc1ccc(-c2ccc(N(C[C@@H](NC(=O)OC(C)(C)C)[C@@H](C)OC)C(=O)[C@@H]3C[C@H]3c3cnccn3)cc2)cc1. The van der Waals surface area contributed by atoms with E-state index in [1.54, 1.807) is 30.6 Å². The number of ether oxygens (including phenoxy) is 2. The molecule has 3 aromatic rings. The molecule has 0 aliphatic heterocycles. The van der Waals surface area contributed by atoms with Gasteiger partial charge in [-0.1, -0.05) is 49.7 Å². The van der Waals surface area contributed by atoms with Crippen LogP contribution in [0.3, 0.4) is 0 Å². The second kappa shape index (κ2) is 13.3. The fourth-order valence-corrected chi connectivity index (χ4v) is 4.94. The van der Waals surface area contributed by atoms with E-state index in [-0.39, 0.29) is 30.4 Å². The highest BCUT2D eigenvalue weighted by atomic mass is 16.6. The van der Waals surface area contributed by atoms with Gasteiger partial charge >= 0.3 is 6.09 Å². The minimum Gasteiger partial charge on any atom is -0.444 e. The van der Waals surface area contributed by atoms with Gasteiger partial charge in [0.05, 0.1) is 17.8 Å². The Kier molecular flexibility index (Phi) is 9.76. The lowest BCUT2D eigenvalue weighted by atomic mass is 10.0. The number of amides is 2. The Morgan fingerprint density at radius 1 is 1.05 bits per heavy atom. The van der Waals surface area contributed by atoms with E-state index in [9.17, 15) is 9.59 Å². The van der Waals surface area contributed by atoms with Crippen molar-refractivity contribution >= 4 is 17.7 Å². The van der Waals surface area contributed by atoms with Crippen molar-refractivity contribution < 1.29 is 19.1 Å². The van der Waals surface area contributed by atoms with E-state index < -0.39 is 17.7 Å². The summed E-state index contributed by atoms with van der Waals surface area (Å²) < 4.78 is 11.1. The number of carbonyl (C=O) groups excluding carboxylic acids is 2. The first-order valence-corrected chi connectivity index (χ1v) is 14.4. The third kappa shape index (κ3) is 8.13. The zero-order valence-electron chi connectivity index (χ0n) is 25.0. The standard InChI is InChI=1S/C33H42N4O4/c1-7-8-23-9-11-24(12-10-23)25-13-15-26(16-14-25)37(31(38)28-19-27(28)29-20-34-17-18-35-29)21-30(22(2)40-6)36-32(39)41-33(3,4)5/h9-18,20,22,27-28,30H,7-8,19,21H2,1-6H3,(H,36,39)/t22-,27-,28-,30-/m1/s1. The monoisotopic (exact) mass is 558 g/mol. The molecule has 1 aliphatic rings. The topological polar surface area (TPSA) is 93.7 Å². The number of carbonyl (C=O) groups is 2. The van der Waals surface area contributed by atoms with E-state index in [0.717, 1.165) is 35.3 Å². The molecule has 0 bridgehead atoms. The highest BCUT2D eigenvalue weighted by Crippen LogP contribution is 2.48. The highest BCUT2D eigenvalue weighted by Gasteiger charge is 2.47. The Labute approximate surface area is 243 Å². The predicted molar refractivity (Wildman–Crippen MR) is 161 cm³/mol. The van der Waals surface area contributed by atoms with Crippen LogP contribution < -0.4 is 10.2 Å². The van der Waals surface area contributed by atoms with Crippen molar-refractivity contribution in [3.8, 4) is 11.1 Å². The molecule has 2 amide bonds. The van der Waals surface area contributed by atoms with Crippen molar-refractivity contribution in [1.29, 1.82) is 0 Å². The van der Waals surface area contributed by atoms with Crippen LogP contribution >= 0.6 is 0 Å². The highest BCUT2D eigenvalue weighted by molar-refractivity contribution is 5.97. The first-order chi connectivity index (χ1) is 19.6. The van der Waals surface area contributed by atoms with Crippen LogP contribution in [0.5, 0.6) is 0 Å². The molecule has 218 valence electrons. The van der Waals surface area contributed by atoms with Crippen molar-refractivity contribution in [3.05, 3.63) is 78.4 Å². The molecule has 1 heterocycles. The summed E-state index contributed by atoms with van der Waals surface area (Å²) in [5, 5.41) is 2.93. The number of aromatic nitrogens is 2. The lowest BCUT2D eigenvalue weighted by Crippen LogP contribution is -2.52. The Morgan fingerprint density at radius 2 is 1.71 bits per heavy atom. The van der Waals surface area contributed by atoms with E-state index >= 15 is 0 Å². The molecule has 0 saturated heterocycles. The number of rotatable bonds is 11. The van der Waals surface area contributed by atoms with Gasteiger partial charge in [-0.3, -0.25) is 14.8 Å². The van der Waals surface area contributed by atoms with Crippen LogP contribution in [0, 0.1) is 5.92 Å². The Balaban J connectivity index is 1.59. The molecule has 4 rings (SSSR count). The third-order valence-corrected chi connectivity index (χ3v) is 7.36. The van der Waals surface area contributed by atoms with Crippen molar-refractivity contribution in [3.63, 3.8) is 0 Å². The average molecular weight is 559 g/mol. The quantitative estimate of drug-likeness (QED) is 0.303. The lowest BCUT2D eigenvalue weighted by Gasteiger charge is -2.32. The van der Waals surface area contributed by atoms with Gasteiger partial charge in [0.1, 0.15) is 5.60 Å². The molecule has 4 atom stereocenters. The zero-order chi connectivity index (χ0) is 29.6. The van der Waals surface area contributed by atoms with Gasteiger partial charge in [0.25, 0.3) is 0 Å². The lowest BCUT2D eigenvalue weighted by molar-refractivity contribution is -0.120. The minimum atomic E-state index is -0.650. The van der Waals surface area contributed by atoms with E-state index in [2.05, 4.69) is 46.5 Å². The molecule has 8 heteroatoms. The van der Waals surface area contributed by atoms with Crippen LogP contribution in [0.2, 0.25) is 0 Å². The fourth-order valence-electron chi connectivity index (χ4n) is 4.94. The molecule has 0 spiro atoms. The molecule has 2 aromatic carbocycles. The maximum absolute atomic E-state index is 14.0. The van der Waals surface area contributed by atoms with Crippen LogP contribution in [-0.4, -0.2) is 53.4 Å². The second-order valence-electron chi connectivity index (χ2n) is 11.7. The Bertz CT molecular complexity index is 1290. The van der Waals surface area contributed by atoms with Crippen LogP contribution in [0.15, 0.2) is 67.1 Å². The first kappa shape index (κ1) is 30.2. The van der Waals surface area contributed by atoms with Gasteiger partial charge in [0.15, 0.2) is 0 Å². The zero-order valence-corrected chi connectivity index (χ0v) is 25.0. The molecule has 1 saturated carbocycles. The van der Waals surface area contributed by atoms with Crippen LogP contribution in [0.4, 0.5) is 10.5 Å². The van der Waals surface area contributed by atoms with Gasteiger partial charge < -0.3 is 19.7 Å². The Morgan fingerprint density at radius 3 is 2.27 bits per heavy atom. The average Bonchev–Trinajstić information content (AvgIpc) is 3.76. The minimum absolute atomic E-state index is 0.0170.